The van der Waals surface area contributed by atoms with Gasteiger partial charge in [0.15, 0.2) is 0 Å². The first kappa shape index (κ1) is 17.7. The Morgan fingerprint density at radius 1 is 0.885 bits per heavy atom. The molecular formula is C19H16Br2N2O3. The molecule has 26 heavy (non-hydrogen) atoms. The summed E-state index contributed by atoms with van der Waals surface area (Å²) >= 11 is 7.03. The van der Waals surface area contributed by atoms with Crippen LogP contribution >= 0.6 is 31.9 Å². The number of benzene rings is 2. The topological polar surface area (TPSA) is 62.5 Å². The van der Waals surface area contributed by atoms with Crippen molar-refractivity contribution < 1.29 is 14.7 Å². The molecule has 2 aromatic carbocycles. The lowest BCUT2D eigenvalue weighted by molar-refractivity contribution is -0.140. The number of nitrogens with zero attached hydrogens (tertiary/aromatic N) is 2. The lowest BCUT2D eigenvalue weighted by Crippen LogP contribution is -2.38. The lowest BCUT2D eigenvalue weighted by atomic mass is 10.2. The Morgan fingerprint density at radius 3 is 1.88 bits per heavy atom. The fourth-order valence-electron chi connectivity index (χ4n) is 3.55. The Hall–Kier alpha value is -1.70. The van der Waals surface area contributed by atoms with Gasteiger partial charge in [-0.25, -0.2) is 0 Å². The third-order valence-electron chi connectivity index (χ3n) is 4.73. The van der Waals surface area contributed by atoms with E-state index in [-0.39, 0.29) is 31.2 Å². The molecule has 0 saturated carbocycles. The van der Waals surface area contributed by atoms with Gasteiger partial charge in [0.2, 0.25) is 11.8 Å². The van der Waals surface area contributed by atoms with Gasteiger partial charge in [-0.05, 0) is 36.4 Å². The van der Waals surface area contributed by atoms with E-state index in [1.165, 1.54) is 4.90 Å². The second kappa shape index (κ2) is 6.79. The van der Waals surface area contributed by atoms with Crippen molar-refractivity contribution in [1.29, 1.82) is 0 Å². The summed E-state index contributed by atoms with van der Waals surface area (Å²) < 4.78 is 4.01. The second-order valence-corrected chi connectivity index (χ2v) is 8.32. The van der Waals surface area contributed by atoms with Crippen molar-refractivity contribution in [3.8, 4) is 0 Å². The number of fused-ring (bicyclic) bond motifs is 3. The van der Waals surface area contributed by atoms with Crippen molar-refractivity contribution in [2.24, 2.45) is 0 Å². The molecule has 0 spiro atoms. The summed E-state index contributed by atoms with van der Waals surface area (Å²) in [6, 6.07) is 12.1. The van der Waals surface area contributed by atoms with Crippen molar-refractivity contribution in [3.05, 3.63) is 45.3 Å². The molecule has 5 nitrogen and oxygen atoms in total. The number of β-amino-alcohol motifs (C(OH)–C–C–N with tert-alkyl or cyclic N) is 1. The van der Waals surface area contributed by atoms with Crippen molar-refractivity contribution >= 4 is 65.5 Å². The zero-order chi connectivity index (χ0) is 18.4. The smallest absolute Gasteiger partial charge is 0.229 e. The van der Waals surface area contributed by atoms with E-state index in [0.29, 0.717) is 6.54 Å². The van der Waals surface area contributed by atoms with Gasteiger partial charge in [0.05, 0.1) is 19.2 Å². The van der Waals surface area contributed by atoms with E-state index in [1.807, 2.05) is 28.8 Å². The fraction of sp³-hybridized carbons (Fsp3) is 0.263. The molecule has 3 aromatic rings. The van der Waals surface area contributed by atoms with Crippen LogP contribution in [0.5, 0.6) is 0 Å². The molecule has 1 saturated heterocycles. The summed E-state index contributed by atoms with van der Waals surface area (Å²) in [6.45, 7) is 0.339. The number of hydrogen-bond donors (Lipinski definition) is 1. The SMILES string of the molecule is O=C1CCC(=O)N1C[C@H](O)Cn1c2ccc(Br)cc2c2cc(Br)ccc21. The maximum Gasteiger partial charge on any atom is 0.229 e. The van der Waals surface area contributed by atoms with Crippen LogP contribution in [0.3, 0.4) is 0 Å². The van der Waals surface area contributed by atoms with Gasteiger partial charge in [0.1, 0.15) is 0 Å². The van der Waals surface area contributed by atoms with Crippen LogP contribution in [0.2, 0.25) is 0 Å². The molecular weight excluding hydrogens is 464 g/mol. The first-order chi connectivity index (χ1) is 12.4. The van der Waals surface area contributed by atoms with Crippen molar-refractivity contribution in [2.45, 2.75) is 25.5 Å². The molecule has 1 atom stereocenters. The molecule has 134 valence electrons. The van der Waals surface area contributed by atoms with Gasteiger partial charge in [0, 0.05) is 43.6 Å². The summed E-state index contributed by atoms with van der Waals surface area (Å²) in [5.74, 6) is -0.409. The number of aliphatic hydroxyl groups excluding tert-OH is 1. The first-order valence-corrected chi connectivity index (χ1v) is 9.91. The summed E-state index contributed by atoms with van der Waals surface area (Å²) in [4.78, 5) is 24.8. The molecule has 0 unspecified atom stereocenters. The van der Waals surface area contributed by atoms with Crippen LogP contribution in [-0.4, -0.2) is 39.0 Å². The molecule has 7 heteroatoms. The van der Waals surface area contributed by atoms with Crippen LogP contribution in [0.4, 0.5) is 0 Å². The Balaban J connectivity index is 1.73. The number of carbonyl (C=O) groups excluding carboxylic acids is 2. The Kier molecular flexibility index (Phi) is 4.62. The highest BCUT2D eigenvalue weighted by molar-refractivity contribution is 9.10. The molecule has 1 fully saturated rings. The molecule has 1 aromatic heterocycles. The third-order valence-corrected chi connectivity index (χ3v) is 5.72. The van der Waals surface area contributed by atoms with Crippen LogP contribution in [0.25, 0.3) is 21.8 Å². The number of halogens is 2. The number of hydrogen-bond acceptors (Lipinski definition) is 3. The summed E-state index contributed by atoms with van der Waals surface area (Å²) in [7, 11) is 0. The number of aromatic nitrogens is 1. The molecule has 4 rings (SSSR count). The third kappa shape index (κ3) is 3.08. The minimum atomic E-state index is -0.827. The Labute approximate surface area is 166 Å². The minimum absolute atomic E-state index is 0.0336. The van der Waals surface area contributed by atoms with E-state index in [2.05, 4.69) is 44.0 Å². The quantitative estimate of drug-likeness (QED) is 0.578. The zero-order valence-electron chi connectivity index (χ0n) is 13.8. The number of imide groups is 1. The number of carbonyl (C=O) groups is 2. The van der Waals surface area contributed by atoms with Gasteiger partial charge in [-0.3, -0.25) is 14.5 Å². The van der Waals surface area contributed by atoms with Crippen LogP contribution in [0.15, 0.2) is 45.3 Å². The maximum absolute atomic E-state index is 11.8. The molecule has 2 amide bonds. The molecule has 1 aliphatic heterocycles. The largest absolute Gasteiger partial charge is 0.389 e. The van der Waals surface area contributed by atoms with Gasteiger partial charge in [-0.1, -0.05) is 31.9 Å². The summed E-state index contributed by atoms with van der Waals surface area (Å²) in [5.41, 5.74) is 2.00. The molecule has 2 heterocycles. The van der Waals surface area contributed by atoms with Gasteiger partial charge in [-0.2, -0.15) is 0 Å². The second-order valence-electron chi connectivity index (χ2n) is 6.49. The van der Waals surface area contributed by atoms with Crippen LogP contribution in [-0.2, 0) is 16.1 Å². The number of likely N-dealkylation sites (tertiary alicyclic amines) is 1. The highest BCUT2D eigenvalue weighted by atomic mass is 79.9. The van der Waals surface area contributed by atoms with Crippen LogP contribution in [0.1, 0.15) is 12.8 Å². The monoisotopic (exact) mass is 478 g/mol. The van der Waals surface area contributed by atoms with E-state index in [0.717, 1.165) is 30.8 Å². The van der Waals surface area contributed by atoms with Gasteiger partial charge >= 0.3 is 0 Å². The molecule has 0 aliphatic carbocycles. The van der Waals surface area contributed by atoms with E-state index in [1.54, 1.807) is 0 Å². The molecule has 1 N–H and O–H groups in total. The standard InChI is InChI=1S/C19H16Br2N2O3/c20-11-1-3-16-14(7-11)15-8-12(21)2-4-17(15)22(16)9-13(24)10-23-18(25)5-6-19(23)26/h1-4,7-8,13,24H,5-6,9-10H2/t13-/m1/s1. The Bertz CT molecular complexity index is 969. The molecule has 0 radical (unpaired) electrons. The average Bonchev–Trinajstić information content (AvgIpc) is 3.07. The van der Waals surface area contributed by atoms with E-state index < -0.39 is 6.10 Å². The first-order valence-electron chi connectivity index (χ1n) is 8.32. The fourth-order valence-corrected chi connectivity index (χ4v) is 4.27. The van der Waals surface area contributed by atoms with Gasteiger partial charge < -0.3 is 9.67 Å². The minimum Gasteiger partial charge on any atom is -0.389 e. The highest BCUT2D eigenvalue weighted by Gasteiger charge is 2.30. The maximum atomic E-state index is 11.8. The van der Waals surface area contributed by atoms with E-state index in [9.17, 15) is 14.7 Å². The van der Waals surface area contributed by atoms with E-state index in [4.69, 9.17) is 0 Å². The molecule has 1 aliphatic rings. The van der Waals surface area contributed by atoms with Crippen LogP contribution < -0.4 is 0 Å². The molecule has 0 bridgehead atoms. The lowest BCUT2D eigenvalue weighted by Gasteiger charge is -2.20. The highest BCUT2D eigenvalue weighted by Crippen LogP contribution is 2.33. The van der Waals surface area contributed by atoms with Crippen molar-refractivity contribution in [2.75, 3.05) is 6.54 Å². The van der Waals surface area contributed by atoms with Crippen LogP contribution in [0, 0.1) is 0 Å². The van der Waals surface area contributed by atoms with Gasteiger partial charge in [-0.15, -0.1) is 0 Å². The van der Waals surface area contributed by atoms with Crippen molar-refractivity contribution in [1.82, 2.24) is 9.47 Å². The van der Waals surface area contributed by atoms with E-state index >= 15 is 0 Å². The predicted molar refractivity (Wildman–Crippen MR) is 107 cm³/mol. The average molecular weight is 480 g/mol. The Morgan fingerprint density at radius 2 is 1.38 bits per heavy atom. The van der Waals surface area contributed by atoms with Crippen molar-refractivity contribution in [3.63, 3.8) is 0 Å². The normalized spacial score (nSPS) is 16.2. The summed E-state index contributed by atoms with van der Waals surface area (Å²) in [6.07, 6.45) is -0.349. The number of rotatable bonds is 4. The zero-order valence-corrected chi connectivity index (χ0v) is 17.0. The van der Waals surface area contributed by atoms with Gasteiger partial charge in [0.25, 0.3) is 0 Å². The number of aliphatic hydroxyl groups is 1. The number of amides is 2. The summed E-state index contributed by atoms with van der Waals surface area (Å²) in [5, 5.41) is 12.7. The predicted octanol–water partition coefficient (Wildman–Crippen LogP) is 3.83.